The van der Waals surface area contributed by atoms with Crippen LogP contribution in [0.3, 0.4) is 0 Å². The predicted octanol–water partition coefficient (Wildman–Crippen LogP) is 5.15. The number of nitrogens with zero attached hydrogens (tertiary/aromatic N) is 5. The number of anilines is 2. The third kappa shape index (κ3) is 6.39. The first-order valence-corrected chi connectivity index (χ1v) is 14.8. The largest absolute Gasteiger partial charge is 0.416 e. The van der Waals surface area contributed by atoms with Gasteiger partial charge in [0.2, 0.25) is 5.91 Å². The van der Waals surface area contributed by atoms with Gasteiger partial charge in [-0.3, -0.25) is 14.3 Å². The van der Waals surface area contributed by atoms with E-state index in [4.69, 9.17) is 10.8 Å². The van der Waals surface area contributed by atoms with Crippen molar-refractivity contribution in [3.63, 3.8) is 0 Å². The van der Waals surface area contributed by atoms with Gasteiger partial charge < -0.3 is 21.3 Å². The van der Waals surface area contributed by atoms with E-state index < -0.39 is 17.6 Å². The van der Waals surface area contributed by atoms with Gasteiger partial charge in [-0.25, -0.2) is 9.97 Å². The summed E-state index contributed by atoms with van der Waals surface area (Å²) in [5, 5.41) is 11.3. The maximum atomic E-state index is 13.1. The maximum absolute atomic E-state index is 13.1. The topological polar surface area (TPSA) is 131 Å². The number of likely N-dealkylation sites (N-methyl/N-ethyl adjacent to an activating group) is 1. The summed E-state index contributed by atoms with van der Waals surface area (Å²) in [6.07, 6.45) is 5.46. The fourth-order valence-corrected chi connectivity index (χ4v) is 6.04. The van der Waals surface area contributed by atoms with Crippen LogP contribution in [0.5, 0.6) is 0 Å². The van der Waals surface area contributed by atoms with E-state index in [0.29, 0.717) is 42.0 Å². The lowest BCUT2D eigenvalue weighted by Crippen LogP contribution is -2.38. The highest BCUT2D eigenvalue weighted by Crippen LogP contribution is 2.40. The highest BCUT2D eigenvalue weighted by molar-refractivity contribution is 6.06. The Labute approximate surface area is 257 Å². The van der Waals surface area contributed by atoms with Crippen LogP contribution < -0.4 is 16.4 Å². The highest BCUT2D eigenvalue weighted by atomic mass is 19.4. The van der Waals surface area contributed by atoms with E-state index in [0.717, 1.165) is 55.2 Å². The van der Waals surface area contributed by atoms with Gasteiger partial charge in [-0.05, 0) is 50.6 Å². The number of pyridine rings is 2. The minimum absolute atomic E-state index is 0.0321. The third-order valence-corrected chi connectivity index (χ3v) is 8.40. The highest BCUT2D eigenvalue weighted by Gasteiger charge is 2.32. The van der Waals surface area contributed by atoms with Crippen molar-refractivity contribution in [3.05, 3.63) is 71.6 Å². The number of amides is 2. The average Bonchev–Trinajstić information content (AvgIpc) is 3.43. The number of fused-ring (bicyclic) bond motifs is 3. The summed E-state index contributed by atoms with van der Waals surface area (Å²) in [4.78, 5) is 36.4. The smallest absolute Gasteiger partial charge is 0.383 e. The van der Waals surface area contributed by atoms with Gasteiger partial charge in [0, 0.05) is 54.6 Å². The maximum Gasteiger partial charge on any atom is 0.416 e. The first-order valence-electron chi connectivity index (χ1n) is 14.8. The van der Waals surface area contributed by atoms with Crippen molar-refractivity contribution in [1.29, 1.82) is 0 Å². The Morgan fingerprint density at radius 1 is 1.13 bits per heavy atom. The van der Waals surface area contributed by atoms with E-state index in [1.807, 2.05) is 23.9 Å². The molecule has 45 heavy (non-hydrogen) atoms. The number of nitrogens with one attached hydrogen (secondary N) is 2. The Hall–Kier alpha value is -4.78. The number of aromatic nitrogens is 4. The number of carbonyl (C=O) groups excluding carboxylic acids is 2. The number of hydrogen-bond donors (Lipinski definition) is 3. The average molecular weight is 619 g/mol. The van der Waals surface area contributed by atoms with Crippen molar-refractivity contribution in [2.75, 3.05) is 37.7 Å². The minimum Gasteiger partial charge on any atom is -0.383 e. The van der Waals surface area contributed by atoms with Crippen LogP contribution in [0.15, 0.2) is 54.9 Å². The second-order valence-corrected chi connectivity index (χ2v) is 11.5. The molecule has 2 amide bonds. The molecule has 3 aromatic heterocycles. The number of carbonyl (C=O) groups is 2. The standard InChI is InChI=1S/C32H33F3N8O2/c1-42-14-3-5-22-18-39-29(36)26-27(41-43(28(22)26)24-6-2-4-21(16-24)30(44)38-13-15-42)19-7-9-20(10-8-19)31(45)40-25-17-23(11-12-37-25)32(33,34)35/h3,5,7-12,17-18,21,24H,2,4,6,13-16H2,1H3,(H2,36,39)(H,38,44)(H,37,40,45)/b5-3+/t21-,24-/m1/s1. The Morgan fingerprint density at radius 2 is 1.93 bits per heavy atom. The van der Waals surface area contributed by atoms with Crippen LogP contribution in [0.4, 0.5) is 24.8 Å². The molecule has 0 radical (unpaired) electrons. The van der Waals surface area contributed by atoms with E-state index in [1.54, 1.807) is 30.5 Å². The van der Waals surface area contributed by atoms with E-state index in [1.165, 1.54) is 0 Å². The molecule has 1 fully saturated rings. The molecule has 0 unspecified atom stereocenters. The third-order valence-electron chi connectivity index (χ3n) is 8.40. The molecule has 2 aliphatic rings. The molecule has 4 heterocycles. The zero-order valence-electron chi connectivity index (χ0n) is 24.6. The summed E-state index contributed by atoms with van der Waals surface area (Å²) in [5.74, 6) is -0.561. The molecule has 6 rings (SSSR count). The van der Waals surface area contributed by atoms with Gasteiger partial charge in [-0.2, -0.15) is 18.3 Å². The van der Waals surface area contributed by atoms with Crippen LogP contribution in [0.2, 0.25) is 0 Å². The van der Waals surface area contributed by atoms with Crippen LogP contribution in [-0.2, 0) is 11.0 Å². The summed E-state index contributed by atoms with van der Waals surface area (Å²) in [5.41, 5.74) is 8.77. The number of alkyl halides is 3. The monoisotopic (exact) mass is 618 g/mol. The van der Waals surface area contributed by atoms with Gasteiger partial charge in [0.15, 0.2) is 0 Å². The van der Waals surface area contributed by atoms with Crippen molar-refractivity contribution >= 4 is 40.4 Å². The second kappa shape index (κ2) is 12.3. The first kappa shape index (κ1) is 30.3. The fraction of sp³-hybridized carbons (Fsp3) is 0.344. The first-order chi connectivity index (χ1) is 21.6. The molecule has 4 N–H and O–H groups in total. The van der Waals surface area contributed by atoms with Crippen LogP contribution in [0, 0.1) is 5.92 Å². The Morgan fingerprint density at radius 3 is 2.71 bits per heavy atom. The van der Waals surface area contributed by atoms with Crippen LogP contribution >= 0.6 is 0 Å². The molecule has 13 heteroatoms. The molecule has 0 spiro atoms. The molecule has 234 valence electrons. The Balaban J connectivity index is 1.37. The molecule has 0 saturated heterocycles. The van der Waals surface area contributed by atoms with E-state index in [9.17, 15) is 22.8 Å². The molecule has 1 aromatic carbocycles. The van der Waals surface area contributed by atoms with E-state index in [2.05, 4.69) is 25.5 Å². The zero-order valence-corrected chi connectivity index (χ0v) is 24.6. The lowest BCUT2D eigenvalue weighted by molar-refractivity contribution is -0.137. The van der Waals surface area contributed by atoms with Gasteiger partial charge in [-0.15, -0.1) is 0 Å². The van der Waals surface area contributed by atoms with Gasteiger partial charge in [0.05, 0.1) is 22.5 Å². The SMILES string of the molecule is CN1C/C=C/c2cnc(N)c3c(-c4ccc(C(=O)Nc5cc(C(F)(F)F)ccn5)cc4)nn(c23)[C@@H]2CCC[C@H](C2)C(=O)NCC1. The molecule has 4 aromatic rings. The molecule has 10 nitrogen and oxygen atoms in total. The quantitative estimate of drug-likeness (QED) is 0.289. The minimum atomic E-state index is -4.56. The van der Waals surface area contributed by atoms with E-state index >= 15 is 0 Å². The fourth-order valence-electron chi connectivity index (χ4n) is 6.04. The van der Waals surface area contributed by atoms with Gasteiger partial charge in [0.1, 0.15) is 17.3 Å². The Bertz CT molecular complexity index is 1770. The number of rotatable bonds is 3. The molecular weight excluding hydrogens is 585 g/mol. The second-order valence-electron chi connectivity index (χ2n) is 11.5. The van der Waals surface area contributed by atoms with E-state index in [-0.39, 0.29) is 29.2 Å². The summed E-state index contributed by atoms with van der Waals surface area (Å²) < 4.78 is 41.3. The van der Waals surface area contributed by atoms with Crippen molar-refractivity contribution in [3.8, 4) is 11.3 Å². The number of nitrogen functional groups attached to an aromatic ring is 1. The van der Waals surface area contributed by atoms with Crippen molar-refractivity contribution in [2.24, 2.45) is 5.92 Å². The number of nitrogens with two attached hydrogens (primary N) is 1. The summed E-state index contributed by atoms with van der Waals surface area (Å²) in [6, 6.07) is 8.18. The molecule has 1 aliphatic carbocycles. The lowest BCUT2D eigenvalue weighted by atomic mass is 9.85. The van der Waals surface area contributed by atoms with Crippen LogP contribution in [0.25, 0.3) is 28.2 Å². The summed E-state index contributed by atoms with van der Waals surface area (Å²) in [7, 11) is 2.00. The van der Waals surface area contributed by atoms with Gasteiger partial charge >= 0.3 is 6.18 Å². The van der Waals surface area contributed by atoms with Crippen molar-refractivity contribution in [1.82, 2.24) is 30.0 Å². The van der Waals surface area contributed by atoms with Gasteiger partial charge in [-0.1, -0.05) is 30.7 Å². The summed E-state index contributed by atoms with van der Waals surface area (Å²) in [6.45, 7) is 1.99. The number of halogens is 3. The van der Waals surface area contributed by atoms with Gasteiger partial charge in [0.25, 0.3) is 5.91 Å². The van der Waals surface area contributed by atoms with Crippen LogP contribution in [-0.4, -0.2) is 63.1 Å². The van der Waals surface area contributed by atoms with Crippen molar-refractivity contribution < 1.29 is 22.8 Å². The number of hydrogen-bond acceptors (Lipinski definition) is 7. The number of benzene rings is 1. The Kier molecular flexibility index (Phi) is 8.28. The normalized spacial score (nSPS) is 20.3. The summed E-state index contributed by atoms with van der Waals surface area (Å²) >= 11 is 0. The zero-order chi connectivity index (χ0) is 31.7. The molecular formula is C32H33F3N8O2. The molecule has 1 aliphatic heterocycles. The molecule has 1 saturated carbocycles. The van der Waals surface area contributed by atoms with Crippen LogP contribution in [0.1, 0.15) is 53.2 Å². The lowest BCUT2D eigenvalue weighted by Gasteiger charge is -2.29. The predicted molar refractivity (Wildman–Crippen MR) is 165 cm³/mol. The van der Waals surface area contributed by atoms with Crippen molar-refractivity contribution in [2.45, 2.75) is 37.9 Å². The molecule has 2 atom stereocenters. The molecule has 2 bridgehead atoms.